The van der Waals surface area contributed by atoms with Crippen LogP contribution >= 0.6 is 0 Å². The Morgan fingerprint density at radius 2 is 0.975 bits per heavy atom. The standard InChI is InChI=1S/C38H25NO/c1-3-11-26(12-4-1)27-19-21-30(22-20-27)39(29-13-5-2-6-14-29)36-23-28-24-38-35(33-17-9-10-18-37(33)40-38)25-34(28)31-15-7-8-16-32(31)36/h1-25H. The molecule has 0 aliphatic heterocycles. The number of anilines is 3. The van der Waals surface area contributed by atoms with Gasteiger partial charge in [-0.3, -0.25) is 0 Å². The summed E-state index contributed by atoms with van der Waals surface area (Å²) in [5.74, 6) is 0. The van der Waals surface area contributed by atoms with Crippen molar-refractivity contribution >= 4 is 60.5 Å². The molecule has 0 radical (unpaired) electrons. The smallest absolute Gasteiger partial charge is 0.136 e. The zero-order valence-electron chi connectivity index (χ0n) is 21.8. The normalized spacial score (nSPS) is 11.5. The van der Waals surface area contributed by atoms with Crippen molar-refractivity contribution in [3.63, 3.8) is 0 Å². The lowest BCUT2D eigenvalue weighted by Crippen LogP contribution is -2.10. The Morgan fingerprint density at radius 1 is 0.375 bits per heavy atom. The quantitative estimate of drug-likeness (QED) is 0.218. The molecule has 0 saturated carbocycles. The first-order valence-electron chi connectivity index (χ1n) is 13.6. The van der Waals surface area contributed by atoms with E-state index in [1.807, 2.05) is 12.1 Å². The van der Waals surface area contributed by atoms with Crippen LogP contribution in [0.3, 0.4) is 0 Å². The molecule has 8 aromatic rings. The Hall–Kier alpha value is -5.34. The van der Waals surface area contributed by atoms with Crippen LogP contribution in [-0.2, 0) is 0 Å². The van der Waals surface area contributed by atoms with E-state index in [1.54, 1.807) is 0 Å². The Bertz CT molecular complexity index is 2140. The van der Waals surface area contributed by atoms with Crippen LogP contribution in [0.2, 0.25) is 0 Å². The summed E-state index contributed by atoms with van der Waals surface area (Å²) < 4.78 is 6.28. The molecule has 0 N–H and O–H groups in total. The topological polar surface area (TPSA) is 16.4 Å². The summed E-state index contributed by atoms with van der Waals surface area (Å²) in [6, 6.07) is 53.8. The highest BCUT2D eigenvalue weighted by molar-refractivity contribution is 6.19. The highest BCUT2D eigenvalue weighted by atomic mass is 16.3. The Labute approximate surface area is 232 Å². The van der Waals surface area contributed by atoms with E-state index >= 15 is 0 Å². The fourth-order valence-electron chi connectivity index (χ4n) is 5.93. The second-order valence-electron chi connectivity index (χ2n) is 10.2. The second kappa shape index (κ2) is 9.14. The first-order valence-corrected chi connectivity index (χ1v) is 13.6. The van der Waals surface area contributed by atoms with Gasteiger partial charge in [-0.25, -0.2) is 0 Å². The second-order valence-corrected chi connectivity index (χ2v) is 10.2. The van der Waals surface area contributed by atoms with Crippen LogP contribution in [0.4, 0.5) is 17.1 Å². The summed E-state index contributed by atoms with van der Waals surface area (Å²) in [5.41, 5.74) is 7.61. The van der Waals surface area contributed by atoms with Gasteiger partial charge in [0.05, 0.1) is 5.69 Å². The van der Waals surface area contributed by atoms with Gasteiger partial charge in [0.2, 0.25) is 0 Å². The van der Waals surface area contributed by atoms with Crippen LogP contribution in [0.5, 0.6) is 0 Å². The minimum absolute atomic E-state index is 0.911. The van der Waals surface area contributed by atoms with Crippen molar-refractivity contribution in [2.45, 2.75) is 0 Å². The molecular formula is C38H25NO. The summed E-state index contributed by atoms with van der Waals surface area (Å²) >= 11 is 0. The van der Waals surface area contributed by atoms with E-state index in [-0.39, 0.29) is 0 Å². The molecule has 2 nitrogen and oxygen atoms in total. The Kier molecular flexibility index (Phi) is 5.17. The predicted octanol–water partition coefficient (Wildman–Crippen LogP) is 11.0. The van der Waals surface area contributed by atoms with E-state index in [2.05, 4.69) is 144 Å². The molecular weight excluding hydrogens is 486 g/mol. The molecule has 2 heteroatoms. The van der Waals surface area contributed by atoms with Crippen molar-refractivity contribution in [1.82, 2.24) is 0 Å². The zero-order valence-corrected chi connectivity index (χ0v) is 21.8. The van der Waals surface area contributed by atoms with Gasteiger partial charge in [-0.2, -0.15) is 0 Å². The van der Waals surface area contributed by atoms with Gasteiger partial charge in [-0.15, -0.1) is 0 Å². The molecule has 0 unspecified atom stereocenters. The molecule has 0 saturated heterocycles. The number of rotatable bonds is 4. The van der Waals surface area contributed by atoms with E-state index in [4.69, 9.17) is 4.42 Å². The van der Waals surface area contributed by atoms with Crippen LogP contribution < -0.4 is 4.90 Å². The largest absolute Gasteiger partial charge is 0.456 e. The molecule has 8 rings (SSSR count). The van der Waals surface area contributed by atoms with Gasteiger partial charge in [0.15, 0.2) is 0 Å². The summed E-state index contributed by atoms with van der Waals surface area (Å²) in [5, 5.41) is 7.12. The summed E-state index contributed by atoms with van der Waals surface area (Å²) in [6.07, 6.45) is 0. The van der Waals surface area contributed by atoms with Crippen molar-refractivity contribution < 1.29 is 4.42 Å². The van der Waals surface area contributed by atoms with Crippen LogP contribution in [0, 0.1) is 0 Å². The average Bonchev–Trinajstić information content (AvgIpc) is 3.39. The molecule has 0 spiro atoms. The molecule has 0 fully saturated rings. The third-order valence-electron chi connectivity index (χ3n) is 7.82. The third-order valence-corrected chi connectivity index (χ3v) is 7.82. The molecule has 0 amide bonds. The molecule has 0 bridgehead atoms. The molecule has 40 heavy (non-hydrogen) atoms. The average molecular weight is 512 g/mol. The van der Waals surface area contributed by atoms with Gasteiger partial charge in [-0.1, -0.05) is 103 Å². The third kappa shape index (κ3) is 3.65. The number of para-hydroxylation sites is 2. The van der Waals surface area contributed by atoms with Crippen molar-refractivity contribution in [1.29, 1.82) is 0 Å². The Morgan fingerprint density at radius 3 is 1.75 bits per heavy atom. The van der Waals surface area contributed by atoms with Crippen molar-refractivity contribution in [2.24, 2.45) is 0 Å². The van der Waals surface area contributed by atoms with E-state index in [9.17, 15) is 0 Å². The van der Waals surface area contributed by atoms with Crippen LogP contribution in [-0.4, -0.2) is 0 Å². The van der Waals surface area contributed by atoms with E-state index < -0.39 is 0 Å². The maximum Gasteiger partial charge on any atom is 0.136 e. The van der Waals surface area contributed by atoms with Crippen LogP contribution in [0.15, 0.2) is 156 Å². The molecule has 1 aromatic heterocycles. The first-order chi connectivity index (χ1) is 19.8. The van der Waals surface area contributed by atoms with Gasteiger partial charge < -0.3 is 9.32 Å². The molecule has 188 valence electrons. The van der Waals surface area contributed by atoms with Gasteiger partial charge in [-0.05, 0) is 75.8 Å². The maximum absolute atomic E-state index is 6.28. The monoisotopic (exact) mass is 511 g/mol. The lowest BCUT2D eigenvalue weighted by Gasteiger charge is -2.27. The minimum atomic E-state index is 0.911. The molecule has 0 aliphatic rings. The van der Waals surface area contributed by atoms with E-state index in [0.29, 0.717) is 0 Å². The van der Waals surface area contributed by atoms with Crippen molar-refractivity contribution in [3.8, 4) is 11.1 Å². The summed E-state index contributed by atoms with van der Waals surface area (Å²) in [7, 11) is 0. The van der Waals surface area contributed by atoms with E-state index in [0.717, 1.165) is 44.4 Å². The fraction of sp³-hybridized carbons (Fsp3) is 0. The number of hydrogen-bond acceptors (Lipinski definition) is 2. The van der Waals surface area contributed by atoms with Gasteiger partial charge in [0.25, 0.3) is 0 Å². The van der Waals surface area contributed by atoms with Crippen LogP contribution in [0.1, 0.15) is 0 Å². The number of nitrogens with zero attached hydrogens (tertiary/aromatic N) is 1. The van der Waals surface area contributed by atoms with Crippen molar-refractivity contribution in [3.05, 3.63) is 152 Å². The molecule has 0 atom stereocenters. The van der Waals surface area contributed by atoms with Crippen LogP contribution in [0.25, 0.3) is 54.6 Å². The Balaban J connectivity index is 1.38. The molecule has 0 aliphatic carbocycles. The fourth-order valence-corrected chi connectivity index (χ4v) is 5.93. The number of furan rings is 1. The van der Waals surface area contributed by atoms with Gasteiger partial charge in [0.1, 0.15) is 11.2 Å². The number of fused-ring (bicyclic) bond motifs is 6. The van der Waals surface area contributed by atoms with Crippen molar-refractivity contribution in [2.75, 3.05) is 4.90 Å². The predicted molar refractivity (Wildman–Crippen MR) is 169 cm³/mol. The number of benzene rings is 7. The minimum Gasteiger partial charge on any atom is -0.456 e. The number of hydrogen-bond donors (Lipinski definition) is 0. The highest BCUT2D eigenvalue weighted by Gasteiger charge is 2.18. The lowest BCUT2D eigenvalue weighted by atomic mass is 9.97. The zero-order chi connectivity index (χ0) is 26.5. The van der Waals surface area contributed by atoms with E-state index in [1.165, 1.54) is 27.3 Å². The van der Waals surface area contributed by atoms with Gasteiger partial charge in [0, 0.05) is 27.5 Å². The molecule has 1 heterocycles. The maximum atomic E-state index is 6.28. The molecule has 7 aromatic carbocycles. The summed E-state index contributed by atoms with van der Waals surface area (Å²) in [4.78, 5) is 2.36. The highest BCUT2D eigenvalue weighted by Crippen LogP contribution is 2.43. The SMILES string of the molecule is c1ccc(-c2ccc(N(c3ccccc3)c3cc4cc5oc6ccccc6c5cc4c4ccccc34)cc2)cc1. The first kappa shape index (κ1) is 22.6. The summed E-state index contributed by atoms with van der Waals surface area (Å²) in [6.45, 7) is 0. The van der Waals surface area contributed by atoms with Gasteiger partial charge >= 0.3 is 0 Å². The lowest BCUT2D eigenvalue weighted by molar-refractivity contribution is 0.669.